The third kappa shape index (κ3) is 4.02. The van der Waals surface area contributed by atoms with Gasteiger partial charge in [0.05, 0.1) is 12.8 Å². The lowest BCUT2D eigenvalue weighted by Crippen LogP contribution is -2.32. The number of aryl methyl sites for hydroxylation is 1. The van der Waals surface area contributed by atoms with Crippen LogP contribution in [0.25, 0.3) is 17.2 Å². The average molecular weight is 447 g/mol. The van der Waals surface area contributed by atoms with Crippen LogP contribution in [0.3, 0.4) is 0 Å². The summed E-state index contributed by atoms with van der Waals surface area (Å²) >= 11 is 0. The molecule has 1 saturated carbocycles. The van der Waals surface area contributed by atoms with E-state index in [1.165, 1.54) is 30.6 Å². The maximum absolute atomic E-state index is 6.03. The molecule has 5 heterocycles. The molecule has 0 aromatic carbocycles. The number of pyridine rings is 1. The van der Waals surface area contributed by atoms with Gasteiger partial charge in [-0.1, -0.05) is 11.2 Å². The van der Waals surface area contributed by atoms with E-state index in [-0.39, 0.29) is 6.61 Å². The predicted molar refractivity (Wildman–Crippen MR) is 118 cm³/mol. The van der Waals surface area contributed by atoms with Gasteiger partial charge in [0, 0.05) is 43.9 Å². The normalized spacial score (nSPS) is 16.2. The fourth-order valence-electron chi connectivity index (χ4n) is 4.24. The minimum Gasteiger partial charge on any atom is -0.491 e. The summed E-state index contributed by atoms with van der Waals surface area (Å²) < 4.78 is 18.2. The molecule has 6 rings (SSSR count). The highest BCUT2D eigenvalue weighted by Gasteiger charge is 2.26. The molecule has 0 amide bonds. The van der Waals surface area contributed by atoms with Crippen LogP contribution in [0.15, 0.2) is 28.8 Å². The zero-order valence-corrected chi connectivity index (χ0v) is 18.7. The Bertz CT molecular complexity index is 1310. The summed E-state index contributed by atoms with van der Waals surface area (Å²) in [5, 5.41) is 16.9. The monoisotopic (exact) mass is 447 g/mol. The highest BCUT2D eigenvalue weighted by molar-refractivity contribution is 5.56. The first-order valence-electron chi connectivity index (χ1n) is 11.2. The molecule has 1 aliphatic carbocycles. The van der Waals surface area contributed by atoms with Gasteiger partial charge in [0.25, 0.3) is 5.88 Å². The van der Waals surface area contributed by atoms with Gasteiger partial charge in [0.15, 0.2) is 17.1 Å². The van der Waals surface area contributed by atoms with Crippen LogP contribution in [-0.4, -0.2) is 55.1 Å². The number of methoxy groups -OCH3 is 1. The van der Waals surface area contributed by atoms with Gasteiger partial charge >= 0.3 is 0 Å². The molecule has 4 aromatic rings. The molecule has 0 unspecified atom stereocenters. The molecule has 10 heteroatoms. The number of rotatable bonds is 7. The van der Waals surface area contributed by atoms with Crippen molar-refractivity contribution >= 4 is 5.65 Å². The van der Waals surface area contributed by atoms with E-state index in [1.54, 1.807) is 23.8 Å². The van der Waals surface area contributed by atoms with E-state index in [0.717, 1.165) is 31.1 Å². The van der Waals surface area contributed by atoms with E-state index in [2.05, 4.69) is 31.4 Å². The highest BCUT2D eigenvalue weighted by atomic mass is 16.5. The first-order valence-corrected chi connectivity index (χ1v) is 11.2. The van der Waals surface area contributed by atoms with E-state index >= 15 is 0 Å². The van der Waals surface area contributed by atoms with Gasteiger partial charge in [0.2, 0.25) is 5.82 Å². The third-order valence-electron chi connectivity index (χ3n) is 6.16. The number of aromatic nitrogens is 6. The summed E-state index contributed by atoms with van der Waals surface area (Å²) in [5.41, 5.74) is 4.43. The first-order chi connectivity index (χ1) is 16.2. The van der Waals surface area contributed by atoms with E-state index in [0.29, 0.717) is 34.6 Å². The lowest BCUT2D eigenvalue weighted by molar-refractivity contribution is 0.239. The lowest BCUT2D eigenvalue weighted by atomic mass is 10.0. The Hall–Kier alpha value is -3.53. The molecule has 10 nitrogen and oxygen atoms in total. The number of hydrogen-bond acceptors (Lipinski definition) is 9. The SMILES string of the molecule is COc1cc2nnc(-c3cc(C)on3)n2nc1OCc1ccc2c(n1)CCN(CC1CC1)C2. The molecule has 0 bridgehead atoms. The summed E-state index contributed by atoms with van der Waals surface area (Å²) in [4.78, 5) is 7.41. The summed E-state index contributed by atoms with van der Waals surface area (Å²) in [7, 11) is 1.57. The predicted octanol–water partition coefficient (Wildman–Crippen LogP) is 2.84. The Morgan fingerprint density at radius 1 is 1.18 bits per heavy atom. The number of nitrogens with zero attached hydrogens (tertiary/aromatic N) is 7. The van der Waals surface area contributed by atoms with Crippen molar-refractivity contribution in [1.82, 2.24) is 34.9 Å². The number of fused-ring (bicyclic) bond motifs is 2. The fraction of sp³-hybridized carbons (Fsp3) is 0.435. The molecule has 0 radical (unpaired) electrons. The van der Waals surface area contributed by atoms with Crippen molar-refractivity contribution < 1.29 is 14.0 Å². The second kappa shape index (κ2) is 8.11. The smallest absolute Gasteiger partial charge is 0.275 e. The molecule has 170 valence electrons. The molecule has 0 spiro atoms. The minimum atomic E-state index is 0.286. The second-order valence-corrected chi connectivity index (χ2v) is 8.76. The molecular weight excluding hydrogens is 422 g/mol. The third-order valence-corrected chi connectivity index (χ3v) is 6.16. The van der Waals surface area contributed by atoms with Crippen LogP contribution in [-0.2, 0) is 19.6 Å². The highest BCUT2D eigenvalue weighted by Crippen LogP contribution is 2.32. The van der Waals surface area contributed by atoms with Gasteiger partial charge < -0.3 is 14.0 Å². The van der Waals surface area contributed by atoms with Gasteiger partial charge in [-0.15, -0.1) is 15.3 Å². The summed E-state index contributed by atoms with van der Waals surface area (Å²) in [5.74, 6) is 2.87. The summed E-state index contributed by atoms with van der Waals surface area (Å²) in [6.07, 6.45) is 3.75. The van der Waals surface area contributed by atoms with Crippen LogP contribution >= 0.6 is 0 Å². The topological polar surface area (TPSA) is 104 Å². The van der Waals surface area contributed by atoms with Crippen molar-refractivity contribution in [3.8, 4) is 23.1 Å². The van der Waals surface area contributed by atoms with Crippen molar-refractivity contribution in [3.05, 3.63) is 47.0 Å². The Labute approximate surface area is 190 Å². The van der Waals surface area contributed by atoms with Gasteiger partial charge in [-0.25, -0.2) is 0 Å². The molecule has 2 aliphatic rings. The number of hydrogen-bond donors (Lipinski definition) is 0. The van der Waals surface area contributed by atoms with Crippen molar-refractivity contribution in [1.29, 1.82) is 0 Å². The second-order valence-electron chi connectivity index (χ2n) is 8.76. The Kier molecular flexibility index (Phi) is 4.94. The Morgan fingerprint density at radius 3 is 2.88 bits per heavy atom. The molecule has 4 aromatic heterocycles. The van der Waals surface area contributed by atoms with Crippen molar-refractivity contribution in [2.75, 3.05) is 20.2 Å². The molecule has 1 fully saturated rings. The summed E-state index contributed by atoms with van der Waals surface area (Å²) in [6.45, 7) is 5.39. The summed E-state index contributed by atoms with van der Waals surface area (Å²) in [6, 6.07) is 7.73. The maximum atomic E-state index is 6.03. The van der Waals surface area contributed by atoms with Crippen LogP contribution in [0.2, 0.25) is 0 Å². The average Bonchev–Trinajstić information content (AvgIpc) is 3.39. The molecule has 33 heavy (non-hydrogen) atoms. The van der Waals surface area contributed by atoms with Crippen molar-refractivity contribution in [3.63, 3.8) is 0 Å². The van der Waals surface area contributed by atoms with E-state index in [1.807, 2.05) is 13.0 Å². The zero-order chi connectivity index (χ0) is 22.4. The van der Waals surface area contributed by atoms with Crippen LogP contribution in [0.1, 0.15) is 35.6 Å². The van der Waals surface area contributed by atoms with Crippen LogP contribution in [0, 0.1) is 12.8 Å². The quantitative estimate of drug-likeness (QED) is 0.423. The lowest BCUT2D eigenvalue weighted by Gasteiger charge is -2.28. The van der Waals surface area contributed by atoms with Gasteiger partial charge in [0.1, 0.15) is 12.4 Å². The van der Waals surface area contributed by atoms with Crippen LogP contribution in [0.4, 0.5) is 0 Å². The molecule has 0 saturated heterocycles. The molecular formula is C23H25N7O3. The first kappa shape index (κ1) is 20.1. The maximum Gasteiger partial charge on any atom is 0.275 e. The molecule has 1 aliphatic heterocycles. The van der Waals surface area contributed by atoms with Gasteiger partial charge in [-0.2, -0.15) is 4.52 Å². The Morgan fingerprint density at radius 2 is 2.09 bits per heavy atom. The van der Waals surface area contributed by atoms with E-state index in [4.69, 9.17) is 19.0 Å². The van der Waals surface area contributed by atoms with E-state index in [9.17, 15) is 0 Å². The van der Waals surface area contributed by atoms with Crippen LogP contribution in [0.5, 0.6) is 11.6 Å². The van der Waals surface area contributed by atoms with Gasteiger partial charge in [-0.05, 0) is 37.3 Å². The fourth-order valence-corrected chi connectivity index (χ4v) is 4.24. The molecule has 0 atom stereocenters. The Balaban J connectivity index is 1.22. The van der Waals surface area contributed by atoms with Crippen LogP contribution < -0.4 is 9.47 Å². The largest absolute Gasteiger partial charge is 0.491 e. The zero-order valence-electron chi connectivity index (χ0n) is 18.7. The van der Waals surface area contributed by atoms with E-state index < -0.39 is 0 Å². The van der Waals surface area contributed by atoms with Gasteiger partial charge in [-0.3, -0.25) is 9.88 Å². The van der Waals surface area contributed by atoms with Crippen molar-refractivity contribution in [2.24, 2.45) is 5.92 Å². The van der Waals surface area contributed by atoms with Crippen molar-refractivity contribution in [2.45, 2.75) is 39.3 Å². The standard InChI is InChI=1S/C23H25N7O3/c1-14-9-19(28-33-14)22-26-25-21-10-20(31-2)23(27-30(21)22)32-13-17-6-5-16-12-29(11-15-3-4-15)8-7-18(16)24-17/h5-6,9-10,15H,3-4,7-8,11-13H2,1-2H3. The molecule has 0 N–H and O–H groups in total. The number of ether oxygens (including phenoxy) is 2. The minimum absolute atomic E-state index is 0.286.